The number of ether oxygens (including phenoxy) is 1. The van der Waals surface area contributed by atoms with Gasteiger partial charge in [0.05, 0.1) is 11.9 Å². The van der Waals surface area contributed by atoms with Gasteiger partial charge in [-0.05, 0) is 30.4 Å². The Labute approximate surface area is 112 Å². The largest absolute Gasteiger partial charge is 0.468 e. The maximum absolute atomic E-state index is 6.00. The van der Waals surface area contributed by atoms with Gasteiger partial charge < -0.3 is 10.5 Å². The molecule has 1 aromatic heterocycles. The molecule has 1 unspecified atom stereocenters. The number of nitrogens with zero attached hydrogens (tertiary/aromatic N) is 2. The third kappa shape index (κ3) is 2.58. The Morgan fingerprint density at radius 1 is 1.26 bits per heavy atom. The normalized spacial score (nSPS) is 17.8. The molecule has 0 saturated heterocycles. The number of aryl methyl sites for hydroxylation is 1. The lowest BCUT2D eigenvalue weighted by atomic mass is 9.89. The van der Waals surface area contributed by atoms with Crippen LogP contribution in [-0.2, 0) is 13.0 Å². The summed E-state index contributed by atoms with van der Waals surface area (Å²) in [6.45, 7) is 0.380. The van der Waals surface area contributed by atoms with Gasteiger partial charge in [0.15, 0.2) is 0 Å². The molecule has 1 heterocycles. The van der Waals surface area contributed by atoms with Gasteiger partial charge in [0, 0.05) is 12.7 Å². The standard InChI is InChI=1S/C15H17N3O/c16-8-12-9-17-10-15(18-12)19-14-7-3-5-11-4-1-2-6-13(11)14/h1-2,4,6,9-10,14H,3,5,7-8,16H2. The third-order valence-electron chi connectivity index (χ3n) is 3.45. The fourth-order valence-electron chi connectivity index (χ4n) is 2.52. The zero-order valence-electron chi connectivity index (χ0n) is 10.7. The Hall–Kier alpha value is -1.94. The van der Waals surface area contributed by atoms with Crippen LogP contribution in [0.3, 0.4) is 0 Å². The van der Waals surface area contributed by atoms with E-state index >= 15 is 0 Å². The molecule has 1 aliphatic carbocycles. The molecule has 0 radical (unpaired) electrons. The molecule has 1 aromatic carbocycles. The van der Waals surface area contributed by atoms with Crippen molar-refractivity contribution in [2.24, 2.45) is 5.73 Å². The number of hydrogen-bond donors (Lipinski definition) is 1. The highest BCUT2D eigenvalue weighted by Crippen LogP contribution is 2.32. The van der Waals surface area contributed by atoms with Crippen LogP contribution in [0, 0.1) is 0 Å². The molecule has 0 fully saturated rings. The van der Waals surface area contributed by atoms with Gasteiger partial charge in [-0.1, -0.05) is 24.3 Å². The fourth-order valence-corrected chi connectivity index (χ4v) is 2.52. The first-order valence-electron chi connectivity index (χ1n) is 6.62. The monoisotopic (exact) mass is 255 g/mol. The molecule has 4 nitrogen and oxygen atoms in total. The van der Waals surface area contributed by atoms with Crippen LogP contribution in [0.25, 0.3) is 0 Å². The van der Waals surface area contributed by atoms with Crippen LogP contribution in [0.15, 0.2) is 36.7 Å². The molecule has 98 valence electrons. The first kappa shape index (κ1) is 12.1. The molecule has 0 bridgehead atoms. The number of benzene rings is 1. The maximum Gasteiger partial charge on any atom is 0.233 e. The SMILES string of the molecule is NCc1cncc(OC2CCCc3ccccc32)n1. The van der Waals surface area contributed by atoms with Crippen LogP contribution in [0.5, 0.6) is 5.88 Å². The van der Waals surface area contributed by atoms with E-state index in [4.69, 9.17) is 10.5 Å². The second-order valence-electron chi connectivity index (χ2n) is 4.75. The van der Waals surface area contributed by atoms with E-state index in [0.29, 0.717) is 12.4 Å². The summed E-state index contributed by atoms with van der Waals surface area (Å²) in [4.78, 5) is 8.46. The van der Waals surface area contributed by atoms with E-state index in [-0.39, 0.29) is 6.10 Å². The van der Waals surface area contributed by atoms with Crippen molar-refractivity contribution in [3.8, 4) is 5.88 Å². The lowest BCUT2D eigenvalue weighted by Gasteiger charge is -2.25. The van der Waals surface area contributed by atoms with Gasteiger partial charge >= 0.3 is 0 Å². The summed E-state index contributed by atoms with van der Waals surface area (Å²) in [6.07, 6.45) is 6.69. The molecule has 3 rings (SSSR count). The number of rotatable bonds is 3. The van der Waals surface area contributed by atoms with Gasteiger partial charge in [0.25, 0.3) is 0 Å². The lowest BCUT2D eigenvalue weighted by Crippen LogP contribution is -2.16. The molecular formula is C15H17N3O. The smallest absolute Gasteiger partial charge is 0.233 e. The molecule has 1 aliphatic rings. The van der Waals surface area contributed by atoms with Gasteiger partial charge in [-0.25, -0.2) is 4.98 Å². The highest BCUT2D eigenvalue weighted by atomic mass is 16.5. The van der Waals surface area contributed by atoms with Crippen LogP contribution < -0.4 is 10.5 Å². The van der Waals surface area contributed by atoms with Crippen LogP contribution in [-0.4, -0.2) is 9.97 Å². The molecule has 0 aliphatic heterocycles. The fraction of sp³-hybridized carbons (Fsp3) is 0.333. The number of fused-ring (bicyclic) bond motifs is 1. The molecule has 0 spiro atoms. The molecule has 0 amide bonds. The zero-order valence-corrected chi connectivity index (χ0v) is 10.7. The lowest BCUT2D eigenvalue weighted by molar-refractivity contribution is 0.174. The van der Waals surface area contributed by atoms with Crippen LogP contribution >= 0.6 is 0 Å². The molecular weight excluding hydrogens is 238 g/mol. The number of hydrogen-bond acceptors (Lipinski definition) is 4. The summed E-state index contributed by atoms with van der Waals surface area (Å²) in [5.41, 5.74) is 8.97. The molecule has 4 heteroatoms. The van der Waals surface area contributed by atoms with Crippen molar-refractivity contribution in [2.75, 3.05) is 0 Å². The second kappa shape index (κ2) is 5.36. The number of aromatic nitrogens is 2. The molecule has 2 N–H and O–H groups in total. The van der Waals surface area contributed by atoms with E-state index in [1.54, 1.807) is 12.4 Å². The Balaban J connectivity index is 1.84. The minimum Gasteiger partial charge on any atom is -0.468 e. The first-order valence-corrected chi connectivity index (χ1v) is 6.62. The van der Waals surface area contributed by atoms with Crippen molar-refractivity contribution in [3.63, 3.8) is 0 Å². The predicted octanol–water partition coefficient (Wildman–Crippen LogP) is 2.39. The summed E-state index contributed by atoms with van der Waals surface area (Å²) in [5.74, 6) is 0.560. The Kier molecular flexibility index (Phi) is 3.42. The highest BCUT2D eigenvalue weighted by Gasteiger charge is 2.21. The van der Waals surface area contributed by atoms with Gasteiger partial charge in [0.2, 0.25) is 5.88 Å². The Morgan fingerprint density at radius 2 is 2.16 bits per heavy atom. The van der Waals surface area contributed by atoms with Crippen molar-refractivity contribution >= 4 is 0 Å². The van der Waals surface area contributed by atoms with Crippen LogP contribution in [0.2, 0.25) is 0 Å². The summed E-state index contributed by atoms with van der Waals surface area (Å²) >= 11 is 0. The maximum atomic E-state index is 6.00. The van der Waals surface area contributed by atoms with E-state index in [2.05, 4.69) is 34.2 Å². The average molecular weight is 255 g/mol. The van der Waals surface area contributed by atoms with Crippen molar-refractivity contribution < 1.29 is 4.74 Å². The van der Waals surface area contributed by atoms with E-state index < -0.39 is 0 Å². The van der Waals surface area contributed by atoms with E-state index in [1.165, 1.54) is 11.1 Å². The summed E-state index contributed by atoms with van der Waals surface area (Å²) in [7, 11) is 0. The van der Waals surface area contributed by atoms with Crippen LogP contribution in [0.4, 0.5) is 0 Å². The molecule has 19 heavy (non-hydrogen) atoms. The van der Waals surface area contributed by atoms with Crippen molar-refractivity contribution in [2.45, 2.75) is 31.9 Å². The topological polar surface area (TPSA) is 61.0 Å². The van der Waals surface area contributed by atoms with Crippen molar-refractivity contribution in [3.05, 3.63) is 53.5 Å². The summed E-state index contributed by atoms with van der Waals surface area (Å²) in [6, 6.07) is 8.45. The summed E-state index contributed by atoms with van der Waals surface area (Å²) in [5, 5.41) is 0. The predicted molar refractivity (Wildman–Crippen MR) is 72.7 cm³/mol. The van der Waals surface area contributed by atoms with E-state index in [1.807, 2.05) is 0 Å². The third-order valence-corrected chi connectivity index (χ3v) is 3.45. The molecule has 2 aromatic rings. The quantitative estimate of drug-likeness (QED) is 0.914. The van der Waals surface area contributed by atoms with Gasteiger partial charge in [0.1, 0.15) is 6.10 Å². The zero-order chi connectivity index (χ0) is 13.1. The van der Waals surface area contributed by atoms with E-state index in [9.17, 15) is 0 Å². The van der Waals surface area contributed by atoms with Crippen molar-refractivity contribution in [1.82, 2.24) is 9.97 Å². The highest BCUT2D eigenvalue weighted by molar-refractivity contribution is 5.32. The second-order valence-corrected chi connectivity index (χ2v) is 4.75. The number of nitrogens with two attached hydrogens (primary N) is 1. The summed E-state index contributed by atoms with van der Waals surface area (Å²) < 4.78 is 6.00. The van der Waals surface area contributed by atoms with Crippen molar-refractivity contribution in [1.29, 1.82) is 0 Å². The Bertz CT molecular complexity index is 571. The minimum atomic E-state index is 0.0762. The minimum absolute atomic E-state index is 0.0762. The van der Waals surface area contributed by atoms with Gasteiger partial charge in [-0.2, -0.15) is 0 Å². The Morgan fingerprint density at radius 3 is 3.05 bits per heavy atom. The van der Waals surface area contributed by atoms with Gasteiger partial charge in [-0.3, -0.25) is 4.98 Å². The van der Waals surface area contributed by atoms with E-state index in [0.717, 1.165) is 25.0 Å². The average Bonchev–Trinajstić information content (AvgIpc) is 2.48. The van der Waals surface area contributed by atoms with Gasteiger partial charge in [-0.15, -0.1) is 0 Å². The molecule has 1 atom stereocenters. The molecule has 0 saturated carbocycles. The first-order chi connectivity index (χ1) is 9.36. The van der Waals surface area contributed by atoms with Crippen LogP contribution in [0.1, 0.15) is 35.8 Å².